The molecule has 2 aromatic rings. The van der Waals surface area contributed by atoms with Crippen LogP contribution in [0.3, 0.4) is 0 Å². The second kappa shape index (κ2) is 6.71. The molecule has 6 nitrogen and oxygen atoms in total. The maximum Gasteiger partial charge on any atom is 0.322 e. The van der Waals surface area contributed by atoms with Crippen molar-refractivity contribution >= 4 is 39.2 Å². The molecule has 1 heterocycles. The first-order chi connectivity index (χ1) is 9.62. The van der Waals surface area contributed by atoms with Gasteiger partial charge in [0.25, 0.3) is 0 Å². The molecular weight excluding hydrogens is 348 g/mol. The van der Waals surface area contributed by atoms with Gasteiger partial charge in [-0.3, -0.25) is 0 Å². The van der Waals surface area contributed by atoms with Crippen LogP contribution in [0.15, 0.2) is 22.7 Å². The Balaban J connectivity index is 2.23. The van der Waals surface area contributed by atoms with E-state index in [2.05, 4.69) is 36.2 Å². The van der Waals surface area contributed by atoms with Crippen LogP contribution in [0.2, 0.25) is 5.28 Å². The largest absolute Gasteiger partial charge is 0.496 e. The van der Waals surface area contributed by atoms with E-state index in [0.717, 1.165) is 15.9 Å². The van der Waals surface area contributed by atoms with E-state index in [0.29, 0.717) is 12.6 Å². The summed E-state index contributed by atoms with van der Waals surface area (Å²) in [5, 5.41) is 3.09. The van der Waals surface area contributed by atoms with Crippen molar-refractivity contribution in [3.05, 3.63) is 28.0 Å². The Morgan fingerprint density at radius 3 is 2.75 bits per heavy atom. The second-order valence-electron chi connectivity index (χ2n) is 3.62. The Labute approximate surface area is 129 Å². The van der Waals surface area contributed by atoms with Crippen molar-refractivity contribution in [3.63, 3.8) is 0 Å². The molecule has 0 fully saturated rings. The Morgan fingerprint density at radius 2 is 2.10 bits per heavy atom. The van der Waals surface area contributed by atoms with Gasteiger partial charge in [0.05, 0.1) is 18.2 Å². The van der Waals surface area contributed by atoms with Gasteiger partial charge in [-0.25, -0.2) is 0 Å². The SMILES string of the molecule is CCOc1nc(Cl)nc(Nc2ccc(OC)c(Br)c2)n1. The van der Waals surface area contributed by atoms with Crippen molar-refractivity contribution in [1.29, 1.82) is 0 Å². The number of rotatable bonds is 5. The predicted molar refractivity (Wildman–Crippen MR) is 80.0 cm³/mol. The Hall–Kier alpha value is -1.60. The van der Waals surface area contributed by atoms with E-state index in [1.54, 1.807) is 7.11 Å². The molecule has 20 heavy (non-hydrogen) atoms. The Morgan fingerprint density at radius 1 is 1.30 bits per heavy atom. The van der Waals surface area contributed by atoms with Crippen LogP contribution in [0.5, 0.6) is 11.8 Å². The van der Waals surface area contributed by atoms with Crippen LogP contribution in [0.1, 0.15) is 6.92 Å². The molecule has 2 rings (SSSR count). The fraction of sp³-hybridized carbons (Fsp3) is 0.250. The van der Waals surface area contributed by atoms with Gasteiger partial charge in [0.1, 0.15) is 5.75 Å². The summed E-state index contributed by atoms with van der Waals surface area (Å²) in [6.07, 6.45) is 0. The minimum atomic E-state index is 0.0681. The molecule has 0 atom stereocenters. The van der Waals surface area contributed by atoms with Gasteiger partial charge in [-0.15, -0.1) is 0 Å². The van der Waals surface area contributed by atoms with E-state index < -0.39 is 0 Å². The topological polar surface area (TPSA) is 69.2 Å². The van der Waals surface area contributed by atoms with Crippen molar-refractivity contribution in [2.75, 3.05) is 19.0 Å². The summed E-state index contributed by atoms with van der Waals surface area (Å²) in [5.41, 5.74) is 0.780. The van der Waals surface area contributed by atoms with E-state index in [1.807, 2.05) is 25.1 Å². The molecule has 1 aromatic carbocycles. The lowest BCUT2D eigenvalue weighted by Crippen LogP contribution is -2.03. The maximum absolute atomic E-state index is 5.82. The lowest BCUT2D eigenvalue weighted by Gasteiger charge is -2.09. The first-order valence-electron chi connectivity index (χ1n) is 5.77. The molecule has 106 valence electrons. The molecule has 0 radical (unpaired) electrons. The van der Waals surface area contributed by atoms with Gasteiger partial charge >= 0.3 is 6.01 Å². The van der Waals surface area contributed by atoms with Gasteiger partial charge < -0.3 is 14.8 Å². The van der Waals surface area contributed by atoms with E-state index in [9.17, 15) is 0 Å². The van der Waals surface area contributed by atoms with Crippen LogP contribution in [-0.4, -0.2) is 28.7 Å². The molecule has 0 aliphatic rings. The summed E-state index contributed by atoms with van der Waals surface area (Å²) in [7, 11) is 1.60. The number of hydrogen-bond acceptors (Lipinski definition) is 6. The van der Waals surface area contributed by atoms with Gasteiger partial charge in [0, 0.05) is 5.69 Å². The Bertz CT molecular complexity index is 612. The molecule has 8 heteroatoms. The molecule has 0 aliphatic carbocycles. The molecule has 0 spiro atoms. The van der Waals surface area contributed by atoms with Gasteiger partial charge in [-0.05, 0) is 52.7 Å². The van der Waals surface area contributed by atoms with Crippen LogP contribution < -0.4 is 14.8 Å². The van der Waals surface area contributed by atoms with Crippen LogP contribution >= 0.6 is 27.5 Å². The van der Waals surface area contributed by atoms with Crippen LogP contribution in [-0.2, 0) is 0 Å². The minimum Gasteiger partial charge on any atom is -0.496 e. The number of halogens is 2. The number of anilines is 2. The molecular formula is C12H12BrClN4O2. The van der Waals surface area contributed by atoms with Crippen molar-refractivity contribution in [2.45, 2.75) is 6.92 Å². The van der Waals surface area contributed by atoms with E-state index in [-0.39, 0.29) is 11.3 Å². The highest BCUT2D eigenvalue weighted by molar-refractivity contribution is 9.10. The highest BCUT2D eigenvalue weighted by Crippen LogP contribution is 2.28. The fourth-order valence-corrected chi connectivity index (χ4v) is 2.15. The van der Waals surface area contributed by atoms with Crippen molar-refractivity contribution in [2.24, 2.45) is 0 Å². The van der Waals surface area contributed by atoms with E-state index in [4.69, 9.17) is 21.1 Å². The van der Waals surface area contributed by atoms with E-state index in [1.165, 1.54) is 0 Å². The maximum atomic E-state index is 5.82. The van der Waals surface area contributed by atoms with Crippen molar-refractivity contribution < 1.29 is 9.47 Å². The van der Waals surface area contributed by atoms with E-state index >= 15 is 0 Å². The number of nitrogens with one attached hydrogen (secondary N) is 1. The summed E-state index contributed by atoms with van der Waals surface area (Å²) in [5.74, 6) is 1.05. The Kier molecular flexibility index (Phi) is 4.97. The molecule has 0 saturated heterocycles. The molecule has 1 aromatic heterocycles. The monoisotopic (exact) mass is 358 g/mol. The third-order valence-corrected chi connectivity index (χ3v) is 3.06. The third kappa shape index (κ3) is 3.71. The predicted octanol–water partition coefficient (Wildman–Crippen LogP) is 3.44. The number of methoxy groups -OCH3 is 1. The zero-order valence-electron chi connectivity index (χ0n) is 10.9. The van der Waals surface area contributed by atoms with Gasteiger partial charge in [0.2, 0.25) is 11.2 Å². The third-order valence-electron chi connectivity index (χ3n) is 2.27. The molecule has 0 unspecified atom stereocenters. The number of benzene rings is 1. The number of ether oxygens (including phenoxy) is 2. The zero-order chi connectivity index (χ0) is 14.5. The first-order valence-corrected chi connectivity index (χ1v) is 6.94. The highest BCUT2D eigenvalue weighted by atomic mass is 79.9. The lowest BCUT2D eigenvalue weighted by atomic mass is 10.3. The van der Waals surface area contributed by atoms with Crippen LogP contribution in [0.4, 0.5) is 11.6 Å². The summed E-state index contributed by atoms with van der Waals surface area (Å²) < 4.78 is 11.2. The molecule has 0 saturated carbocycles. The lowest BCUT2D eigenvalue weighted by molar-refractivity contribution is 0.312. The molecule has 0 amide bonds. The quantitative estimate of drug-likeness (QED) is 0.882. The molecule has 1 N–H and O–H groups in total. The highest BCUT2D eigenvalue weighted by Gasteiger charge is 2.07. The molecule has 0 bridgehead atoms. The van der Waals surface area contributed by atoms with Gasteiger partial charge in [-0.2, -0.15) is 15.0 Å². The normalized spacial score (nSPS) is 10.2. The summed E-state index contributed by atoms with van der Waals surface area (Å²) >= 11 is 9.22. The smallest absolute Gasteiger partial charge is 0.322 e. The average Bonchev–Trinajstić information content (AvgIpc) is 2.38. The zero-order valence-corrected chi connectivity index (χ0v) is 13.2. The van der Waals surface area contributed by atoms with Gasteiger partial charge in [-0.1, -0.05) is 0 Å². The van der Waals surface area contributed by atoms with Gasteiger partial charge in [0.15, 0.2) is 0 Å². The summed E-state index contributed by atoms with van der Waals surface area (Å²) in [4.78, 5) is 12.0. The summed E-state index contributed by atoms with van der Waals surface area (Å²) in [6, 6.07) is 5.68. The number of aromatic nitrogens is 3. The second-order valence-corrected chi connectivity index (χ2v) is 4.81. The minimum absolute atomic E-state index is 0.0681. The summed E-state index contributed by atoms with van der Waals surface area (Å²) in [6.45, 7) is 2.29. The molecule has 0 aliphatic heterocycles. The fourth-order valence-electron chi connectivity index (χ4n) is 1.45. The number of hydrogen-bond donors (Lipinski definition) is 1. The van der Waals surface area contributed by atoms with Crippen molar-refractivity contribution in [3.8, 4) is 11.8 Å². The van der Waals surface area contributed by atoms with Crippen LogP contribution in [0.25, 0.3) is 0 Å². The number of nitrogens with zero attached hydrogens (tertiary/aromatic N) is 3. The van der Waals surface area contributed by atoms with Crippen molar-refractivity contribution in [1.82, 2.24) is 15.0 Å². The standard InChI is InChI=1S/C12H12BrClN4O2/c1-3-20-12-17-10(14)16-11(18-12)15-7-4-5-9(19-2)8(13)6-7/h4-6H,3H2,1-2H3,(H,15,16,17,18). The van der Waals surface area contributed by atoms with Crippen LogP contribution in [0, 0.1) is 0 Å². The average molecular weight is 360 g/mol. The first kappa shape index (κ1) is 14.8.